The van der Waals surface area contributed by atoms with E-state index in [1.165, 1.54) is 70.9 Å². The average Bonchev–Trinajstić information content (AvgIpc) is 3.32. The van der Waals surface area contributed by atoms with E-state index in [0.717, 1.165) is 29.8 Å². The van der Waals surface area contributed by atoms with Crippen molar-refractivity contribution < 1.29 is 0 Å². The standard InChI is InChI=1S/C18H34N2/c1-3-4-14-7-10-18(19-2)16(11-14)13-20(17-8-9-17)12-15-5-6-15/h14-19H,3-13H2,1-2H3. The molecule has 116 valence electrons. The Kier molecular flexibility index (Phi) is 5.04. The molecule has 3 atom stereocenters. The van der Waals surface area contributed by atoms with Crippen molar-refractivity contribution in [3.05, 3.63) is 0 Å². The highest BCUT2D eigenvalue weighted by Crippen LogP contribution is 2.38. The maximum atomic E-state index is 3.62. The number of rotatable bonds is 8. The topological polar surface area (TPSA) is 15.3 Å². The number of hydrogen-bond donors (Lipinski definition) is 1. The molecule has 2 heteroatoms. The largest absolute Gasteiger partial charge is 0.317 e. The van der Waals surface area contributed by atoms with Gasteiger partial charge in [-0.05, 0) is 69.7 Å². The Balaban J connectivity index is 1.55. The van der Waals surface area contributed by atoms with Crippen LogP contribution in [-0.4, -0.2) is 37.1 Å². The molecule has 0 aliphatic heterocycles. The fourth-order valence-corrected chi connectivity index (χ4v) is 4.36. The third-order valence-corrected chi connectivity index (χ3v) is 5.88. The van der Waals surface area contributed by atoms with Crippen LogP contribution in [0, 0.1) is 17.8 Å². The minimum absolute atomic E-state index is 0.781. The highest BCUT2D eigenvalue weighted by Gasteiger charge is 2.37. The molecule has 0 amide bonds. The fourth-order valence-electron chi connectivity index (χ4n) is 4.36. The quantitative estimate of drug-likeness (QED) is 0.729. The van der Waals surface area contributed by atoms with Crippen LogP contribution >= 0.6 is 0 Å². The lowest BCUT2D eigenvalue weighted by molar-refractivity contribution is 0.131. The zero-order chi connectivity index (χ0) is 13.9. The lowest BCUT2D eigenvalue weighted by Gasteiger charge is -2.39. The monoisotopic (exact) mass is 278 g/mol. The lowest BCUT2D eigenvalue weighted by Crippen LogP contribution is -2.45. The van der Waals surface area contributed by atoms with Crippen LogP contribution in [0.3, 0.4) is 0 Å². The van der Waals surface area contributed by atoms with Gasteiger partial charge in [0.2, 0.25) is 0 Å². The van der Waals surface area contributed by atoms with Crippen LogP contribution in [0.15, 0.2) is 0 Å². The van der Waals surface area contributed by atoms with Gasteiger partial charge in [0, 0.05) is 25.2 Å². The Morgan fingerprint density at radius 2 is 1.70 bits per heavy atom. The van der Waals surface area contributed by atoms with E-state index in [1.807, 2.05) is 0 Å². The summed E-state index contributed by atoms with van der Waals surface area (Å²) in [6.07, 6.45) is 13.1. The molecule has 3 aliphatic rings. The van der Waals surface area contributed by atoms with E-state index >= 15 is 0 Å². The highest BCUT2D eigenvalue weighted by atomic mass is 15.2. The summed E-state index contributed by atoms with van der Waals surface area (Å²) in [5, 5.41) is 3.62. The first kappa shape index (κ1) is 14.8. The van der Waals surface area contributed by atoms with Gasteiger partial charge in [0.1, 0.15) is 0 Å². The molecular weight excluding hydrogens is 244 g/mol. The second-order valence-corrected chi connectivity index (χ2v) is 7.75. The molecule has 0 bridgehead atoms. The Labute approximate surface area is 125 Å². The SMILES string of the molecule is CCCC1CCC(NC)C(CN(CC2CC2)C2CC2)C1. The van der Waals surface area contributed by atoms with Crippen LogP contribution in [0.2, 0.25) is 0 Å². The van der Waals surface area contributed by atoms with Gasteiger partial charge in [-0.25, -0.2) is 0 Å². The summed E-state index contributed by atoms with van der Waals surface area (Å²) < 4.78 is 0. The van der Waals surface area contributed by atoms with Crippen molar-refractivity contribution in [1.29, 1.82) is 0 Å². The minimum atomic E-state index is 0.781. The number of nitrogens with zero attached hydrogens (tertiary/aromatic N) is 1. The zero-order valence-electron chi connectivity index (χ0n) is 13.6. The van der Waals surface area contributed by atoms with Crippen LogP contribution < -0.4 is 5.32 Å². The van der Waals surface area contributed by atoms with Gasteiger partial charge in [0.25, 0.3) is 0 Å². The molecule has 3 rings (SSSR count). The predicted octanol–water partition coefficient (Wildman–Crippen LogP) is 3.67. The van der Waals surface area contributed by atoms with Crippen LogP contribution in [0.5, 0.6) is 0 Å². The third-order valence-electron chi connectivity index (χ3n) is 5.88. The van der Waals surface area contributed by atoms with Crippen molar-refractivity contribution in [2.24, 2.45) is 17.8 Å². The first-order valence-corrected chi connectivity index (χ1v) is 9.21. The maximum absolute atomic E-state index is 3.62. The molecule has 0 aromatic carbocycles. The fraction of sp³-hybridized carbons (Fsp3) is 1.00. The van der Waals surface area contributed by atoms with Crippen LogP contribution in [0.25, 0.3) is 0 Å². The molecular formula is C18H34N2. The summed E-state index contributed by atoms with van der Waals surface area (Å²) >= 11 is 0. The molecule has 3 saturated carbocycles. The summed E-state index contributed by atoms with van der Waals surface area (Å²) in [6, 6.07) is 1.74. The number of hydrogen-bond acceptors (Lipinski definition) is 2. The van der Waals surface area contributed by atoms with E-state index in [0.29, 0.717) is 0 Å². The molecule has 1 N–H and O–H groups in total. The van der Waals surface area contributed by atoms with Gasteiger partial charge >= 0.3 is 0 Å². The van der Waals surface area contributed by atoms with E-state index in [2.05, 4.69) is 24.2 Å². The molecule has 0 heterocycles. The molecule has 0 saturated heterocycles. The summed E-state index contributed by atoms with van der Waals surface area (Å²) in [6.45, 7) is 5.14. The molecule has 3 fully saturated rings. The summed E-state index contributed by atoms with van der Waals surface area (Å²) in [4.78, 5) is 2.88. The normalized spacial score (nSPS) is 34.6. The van der Waals surface area contributed by atoms with Gasteiger partial charge in [-0.1, -0.05) is 19.8 Å². The Morgan fingerprint density at radius 1 is 0.950 bits per heavy atom. The second kappa shape index (κ2) is 6.79. The smallest absolute Gasteiger partial charge is 0.0105 e. The summed E-state index contributed by atoms with van der Waals surface area (Å²) in [7, 11) is 2.18. The minimum Gasteiger partial charge on any atom is -0.317 e. The van der Waals surface area contributed by atoms with Gasteiger partial charge < -0.3 is 5.32 Å². The van der Waals surface area contributed by atoms with Crippen molar-refractivity contribution in [3.63, 3.8) is 0 Å². The van der Waals surface area contributed by atoms with E-state index < -0.39 is 0 Å². The summed E-state index contributed by atoms with van der Waals surface area (Å²) in [5.41, 5.74) is 0. The van der Waals surface area contributed by atoms with Crippen molar-refractivity contribution in [2.75, 3.05) is 20.1 Å². The molecule has 3 aliphatic carbocycles. The molecule has 0 spiro atoms. The van der Waals surface area contributed by atoms with Gasteiger partial charge in [0.05, 0.1) is 0 Å². The molecule has 20 heavy (non-hydrogen) atoms. The Morgan fingerprint density at radius 3 is 2.30 bits per heavy atom. The van der Waals surface area contributed by atoms with E-state index in [-0.39, 0.29) is 0 Å². The predicted molar refractivity (Wildman–Crippen MR) is 85.9 cm³/mol. The van der Waals surface area contributed by atoms with E-state index in [4.69, 9.17) is 0 Å². The average molecular weight is 278 g/mol. The molecule has 2 nitrogen and oxygen atoms in total. The van der Waals surface area contributed by atoms with E-state index in [1.54, 1.807) is 0 Å². The van der Waals surface area contributed by atoms with Crippen LogP contribution in [0.1, 0.15) is 64.7 Å². The van der Waals surface area contributed by atoms with Crippen molar-refractivity contribution in [1.82, 2.24) is 10.2 Å². The van der Waals surface area contributed by atoms with Gasteiger partial charge in [-0.2, -0.15) is 0 Å². The third kappa shape index (κ3) is 3.98. The lowest BCUT2D eigenvalue weighted by atomic mass is 9.76. The molecule has 0 radical (unpaired) electrons. The van der Waals surface area contributed by atoms with Crippen molar-refractivity contribution in [2.45, 2.75) is 76.8 Å². The van der Waals surface area contributed by atoms with Crippen LogP contribution in [-0.2, 0) is 0 Å². The zero-order valence-corrected chi connectivity index (χ0v) is 13.6. The maximum Gasteiger partial charge on any atom is 0.0105 e. The first-order chi connectivity index (χ1) is 9.80. The van der Waals surface area contributed by atoms with Gasteiger partial charge in [-0.15, -0.1) is 0 Å². The van der Waals surface area contributed by atoms with Gasteiger partial charge in [0.15, 0.2) is 0 Å². The first-order valence-electron chi connectivity index (χ1n) is 9.21. The summed E-state index contributed by atoms with van der Waals surface area (Å²) in [5.74, 6) is 2.97. The Bertz CT molecular complexity index is 296. The van der Waals surface area contributed by atoms with Crippen molar-refractivity contribution in [3.8, 4) is 0 Å². The second-order valence-electron chi connectivity index (χ2n) is 7.75. The van der Waals surface area contributed by atoms with Crippen molar-refractivity contribution >= 4 is 0 Å². The van der Waals surface area contributed by atoms with Gasteiger partial charge in [-0.3, -0.25) is 4.90 Å². The highest BCUT2D eigenvalue weighted by molar-refractivity contribution is 4.92. The Hall–Kier alpha value is -0.0800. The molecule has 0 aromatic heterocycles. The van der Waals surface area contributed by atoms with Crippen LogP contribution in [0.4, 0.5) is 0 Å². The van der Waals surface area contributed by atoms with E-state index in [9.17, 15) is 0 Å². The number of nitrogens with one attached hydrogen (secondary N) is 1. The molecule has 3 unspecified atom stereocenters. The molecule has 0 aromatic rings.